The van der Waals surface area contributed by atoms with E-state index in [-0.39, 0.29) is 10.6 Å². The molecule has 3 heteroatoms. The van der Waals surface area contributed by atoms with Crippen molar-refractivity contribution in [1.82, 2.24) is 5.32 Å². The van der Waals surface area contributed by atoms with Gasteiger partial charge in [-0.1, -0.05) is 23.7 Å². The number of hydrogen-bond acceptors (Lipinski definition) is 2. The second kappa shape index (κ2) is 4.98. The Labute approximate surface area is 112 Å². The lowest BCUT2D eigenvalue weighted by Crippen LogP contribution is -2.46. The van der Waals surface area contributed by atoms with Crippen molar-refractivity contribution in [3.05, 3.63) is 34.9 Å². The molecule has 0 fully saturated rings. The fourth-order valence-corrected chi connectivity index (χ4v) is 1.33. The number of hydrogen-bond donors (Lipinski definition) is 1. The Morgan fingerprint density at radius 3 is 2.94 bits per heavy atom. The van der Waals surface area contributed by atoms with Crippen LogP contribution >= 0.6 is 11.6 Å². The lowest BCUT2D eigenvalue weighted by Gasteiger charge is -2.25. The molecule has 1 aromatic carbocycles. The smallest absolute Gasteiger partial charge is 0.179 e. The molecule has 0 aliphatic carbocycles. The SMILES string of the molecule is [2H]C([2H])([2H])C(C)(C)NC([2H])(C(=O)c1cccc(Cl)c1)C([2H])([2H])[2H]. The molecule has 0 aliphatic rings. The quantitative estimate of drug-likeness (QED) is 0.830. The summed E-state index contributed by atoms with van der Waals surface area (Å²) in [5, 5.41) is 2.42. The van der Waals surface area contributed by atoms with Crippen molar-refractivity contribution < 1.29 is 14.4 Å². The summed E-state index contributed by atoms with van der Waals surface area (Å²) >= 11 is 5.79. The Morgan fingerprint density at radius 1 is 1.62 bits per heavy atom. The molecule has 0 radical (unpaired) electrons. The Hall–Kier alpha value is -0.860. The van der Waals surface area contributed by atoms with E-state index in [9.17, 15) is 4.79 Å². The number of benzene rings is 1. The maximum absolute atomic E-state index is 12.6. The Balaban J connectivity index is 3.37. The van der Waals surface area contributed by atoms with Gasteiger partial charge >= 0.3 is 0 Å². The van der Waals surface area contributed by atoms with Crippen molar-refractivity contribution in [3.8, 4) is 0 Å². The zero-order valence-corrected chi connectivity index (χ0v) is 9.85. The van der Waals surface area contributed by atoms with Gasteiger partial charge in [-0.15, -0.1) is 0 Å². The van der Waals surface area contributed by atoms with Gasteiger partial charge in [-0.3, -0.25) is 4.79 Å². The molecule has 2 nitrogen and oxygen atoms in total. The highest BCUT2D eigenvalue weighted by Gasteiger charge is 2.20. The Bertz CT molecular complexity index is 597. The number of Topliss-reactive ketones (excluding diaryl/α,β-unsaturated/α-hetero) is 1. The highest BCUT2D eigenvalue weighted by Crippen LogP contribution is 2.13. The summed E-state index contributed by atoms with van der Waals surface area (Å²) in [5.41, 5.74) is -1.85. The molecule has 1 rings (SSSR count). The lowest BCUT2D eigenvalue weighted by atomic mass is 10.0. The van der Waals surface area contributed by atoms with Crippen LogP contribution in [0.4, 0.5) is 0 Å². The summed E-state index contributed by atoms with van der Waals surface area (Å²) in [4.78, 5) is 12.6. The van der Waals surface area contributed by atoms with E-state index in [1.54, 1.807) is 0 Å². The minimum Gasteiger partial charge on any atom is -0.303 e. The first kappa shape index (κ1) is 6.18. The minimum absolute atomic E-state index is 0.0857. The molecule has 0 saturated carbocycles. The van der Waals surface area contributed by atoms with Gasteiger partial charge in [0.15, 0.2) is 5.78 Å². The topological polar surface area (TPSA) is 29.1 Å². The fourth-order valence-electron chi connectivity index (χ4n) is 1.14. The van der Waals surface area contributed by atoms with Crippen LogP contribution in [0.5, 0.6) is 0 Å². The second-order valence-electron chi connectivity index (χ2n) is 3.96. The number of carbonyl (C=O) groups excluding carboxylic acids is 1. The zero-order valence-electron chi connectivity index (χ0n) is 16.1. The molecular formula is C13H18ClNO. The van der Waals surface area contributed by atoms with Crippen LogP contribution in [0.3, 0.4) is 0 Å². The molecule has 0 heterocycles. The van der Waals surface area contributed by atoms with E-state index < -0.39 is 31.0 Å². The lowest BCUT2D eigenvalue weighted by molar-refractivity contribution is 0.0936. The van der Waals surface area contributed by atoms with Crippen LogP contribution in [0.25, 0.3) is 0 Å². The summed E-state index contributed by atoms with van der Waals surface area (Å²) < 4.78 is 53.3. The predicted molar refractivity (Wildman–Crippen MR) is 68.1 cm³/mol. The maximum atomic E-state index is 12.6. The third-order valence-electron chi connectivity index (χ3n) is 1.75. The molecule has 1 aromatic rings. The summed E-state index contributed by atoms with van der Waals surface area (Å²) in [6.45, 7) is -3.26. The molecule has 0 spiro atoms. The van der Waals surface area contributed by atoms with E-state index >= 15 is 0 Å². The first-order chi connectivity index (χ1) is 10.1. The van der Waals surface area contributed by atoms with E-state index in [1.165, 1.54) is 38.1 Å². The number of rotatable bonds is 3. The van der Waals surface area contributed by atoms with Crippen LogP contribution in [-0.2, 0) is 0 Å². The number of nitrogens with one attached hydrogen (secondary N) is 1. The fraction of sp³-hybridized carbons (Fsp3) is 0.462. The Morgan fingerprint density at radius 2 is 2.38 bits per heavy atom. The van der Waals surface area contributed by atoms with Crippen molar-refractivity contribution in [2.75, 3.05) is 0 Å². The predicted octanol–water partition coefficient (Wildman–Crippen LogP) is 3.30. The van der Waals surface area contributed by atoms with Gasteiger partial charge in [-0.05, 0) is 39.7 Å². The average molecular weight is 247 g/mol. The van der Waals surface area contributed by atoms with Gasteiger partial charge in [0.2, 0.25) is 0 Å². The largest absolute Gasteiger partial charge is 0.303 e. The molecular weight excluding hydrogens is 222 g/mol. The number of carbonyl (C=O) groups is 1. The average Bonchev–Trinajstić information content (AvgIpc) is 2.34. The van der Waals surface area contributed by atoms with E-state index in [2.05, 4.69) is 5.32 Å². The third-order valence-corrected chi connectivity index (χ3v) is 1.99. The number of halogens is 1. The molecule has 1 unspecified atom stereocenters. The van der Waals surface area contributed by atoms with Crippen molar-refractivity contribution in [2.24, 2.45) is 0 Å². The molecule has 0 saturated heterocycles. The monoisotopic (exact) mass is 246 g/mol. The number of ketones is 1. The van der Waals surface area contributed by atoms with E-state index in [4.69, 9.17) is 21.2 Å². The molecule has 0 amide bonds. The van der Waals surface area contributed by atoms with Gasteiger partial charge in [0.25, 0.3) is 0 Å². The zero-order chi connectivity index (χ0) is 18.3. The third kappa shape index (κ3) is 3.95. The maximum Gasteiger partial charge on any atom is 0.179 e. The summed E-state index contributed by atoms with van der Waals surface area (Å²) in [6, 6.07) is 2.69. The van der Waals surface area contributed by atoms with Gasteiger partial charge in [0, 0.05) is 24.3 Å². The van der Waals surface area contributed by atoms with Crippen LogP contribution in [0, 0.1) is 0 Å². The van der Waals surface area contributed by atoms with Gasteiger partial charge in [0.1, 0.15) is 0 Å². The molecule has 1 N–H and O–H groups in total. The van der Waals surface area contributed by atoms with E-state index in [0.29, 0.717) is 0 Å². The second-order valence-corrected chi connectivity index (χ2v) is 4.40. The standard InChI is InChI=1S/C13H18ClNO/c1-9(15-13(2,3)4)12(16)10-6-5-7-11(14)8-10/h5-9,15H,1-4H3/i1D3,2D3,9D. The normalized spacial score (nSPS) is 23.6. The van der Waals surface area contributed by atoms with Crippen LogP contribution in [0.15, 0.2) is 24.3 Å². The van der Waals surface area contributed by atoms with Crippen molar-refractivity contribution >= 4 is 17.4 Å². The molecule has 88 valence electrons. The van der Waals surface area contributed by atoms with Gasteiger partial charge in [-0.2, -0.15) is 0 Å². The highest BCUT2D eigenvalue weighted by molar-refractivity contribution is 6.31. The van der Waals surface area contributed by atoms with Gasteiger partial charge in [-0.25, -0.2) is 0 Å². The van der Waals surface area contributed by atoms with Gasteiger partial charge in [0.05, 0.1) is 7.39 Å². The van der Waals surface area contributed by atoms with E-state index in [1.807, 2.05) is 0 Å². The summed E-state index contributed by atoms with van der Waals surface area (Å²) in [6.07, 6.45) is 0. The van der Waals surface area contributed by atoms with Crippen molar-refractivity contribution in [3.63, 3.8) is 0 Å². The summed E-state index contributed by atoms with van der Waals surface area (Å²) in [7, 11) is 0. The molecule has 0 aliphatic heterocycles. The van der Waals surface area contributed by atoms with Crippen molar-refractivity contribution in [2.45, 2.75) is 39.1 Å². The van der Waals surface area contributed by atoms with Crippen LogP contribution < -0.4 is 5.32 Å². The van der Waals surface area contributed by atoms with Crippen LogP contribution in [-0.4, -0.2) is 17.3 Å². The van der Waals surface area contributed by atoms with E-state index in [0.717, 1.165) is 0 Å². The van der Waals surface area contributed by atoms with Crippen LogP contribution in [0.1, 0.15) is 47.5 Å². The minimum atomic E-state index is -3.09. The first-order valence-corrected chi connectivity index (χ1v) is 5.09. The molecule has 1 atom stereocenters. The molecule has 0 bridgehead atoms. The first-order valence-electron chi connectivity index (χ1n) is 8.21. The van der Waals surface area contributed by atoms with Crippen molar-refractivity contribution in [1.29, 1.82) is 0 Å². The highest BCUT2D eigenvalue weighted by atomic mass is 35.5. The Kier molecular flexibility index (Phi) is 1.92. The molecule has 16 heavy (non-hydrogen) atoms. The van der Waals surface area contributed by atoms with Crippen LogP contribution in [0.2, 0.25) is 5.02 Å². The molecule has 0 aromatic heterocycles. The summed E-state index contributed by atoms with van der Waals surface area (Å²) in [5.74, 6) is -1.07. The van der Waals surface area contributed by atoms with Gasteiger partial charge < -0.3 is 5.32 Å².